The second kappa shape index (κ2) is 8.39. The molecule has 0 spiro atoms. The zero-order chi connectivity index (χ0) is 18.6. The second-order valence-electron chi connectivity index (χ2n) is 6.98. The van der Waals surface area contributed by atoms with Crippen molar-refractivity contribution in [2.45, 2.75) is 44.3 Å². The fourth-order valence-electron chi connectivity index (χ4n) is 3.75. The third-order valence-electron chi connectivity index (χ3n) is 5.26. The first-order valence-electron chi connectivity index (χ1n) is 9.49. The molecule has 0 unspecified atom stereocenters. The van der Waals surface area contributed by atoms with Gasteiger partial charge in [0.15, 0.2) is 0 Å². The Hall–Kier alpha value is -1.60. The van der Waals surface area contributed by atoms with Crippen LogP contribution < -0.4 is 4.74 Å². The smallest absolute Gasteiger partial charge is 0.227 e. The van der Waals surface area contributed by atoms with E-state index in [2.05, 4.69) is 0 Å². The number of benzene rings is 1. The van der Waals surface area contributed by atoms with Crippen LogP contribution in [0.1, 0.15) is 38.2 Å². The average Bonchev–Trinajstić information content (AvgIpc) is 3.19. The van der Waals surface area contributed by atoms with Gasteiger partial charge in [-0.05, 0) is 37.5 Å². The lowest BCUT2D eigenvalue weighted by Gasteiger charge is -2.35. The number of carbonyl (C=O) groups is 1. The largest absolute Gasteiger partial charge is 0.494 e. The Morgan fingerprint density at radius 3 is 2.27 bits per heavy atom. The Kier molecular flexibility index (Phi) is 6.19. The first-order chi connectivity index (χ1) is 12.5. The summed E-state index contributed by atoms with van der Waals surface area (Å²) < 4.78 is 32.3. The molecule has 26 heavy (non-hydrogen) atoms. The molecule has 3 rings (SSSR count). The maximum atomic E-state index is 12.7. The molecule has 0 atom stereocenters. The molecule has 1 amide bonds. The molecule has 1 aliphatic heterocycles. The quantitative estimate of drug-likeness (QED) is 0.757. The minimum atomic E-state index is -3.20. The summed E-state index contributed by atoms with van der Waals surface area (Å²) in [6.45, 7) is 4.32. The van der Waals surface area contributed by atoms with Crippen molar-refractivity contribution in [3.05, 3.63) is 29.8 Å². The van der Waals surface area contributed by atoms with Crippen molar-refractivity contribution in [2.75, 3.05) is 32.8 Å². The molecule has 1 saturated carbocycles. The van der Waals surface area contributed by atoms with E-state index in [9.17, 15) is 13.2 Å². The second-order valence-corrected chi connectivity index (χ2v) is 9.20. The van der Waals surface area contributed by atoms with E-state index in [0.29, 0.717) is 39.2 Å². The van der Waals surface area contributed by atoms with E-state index < -0.39 is 10.0 Å². The molecule has 7 heteroatoms. The lowest BCUT2D eigenvalue weighted by molar-refractivity contribution is -0.131. The zero-order valence-electron chi connectivity index (χ0n) is 15.4. The van der Waals surface area contributed by atoms with Gasteiger partial charge in [-0.3, -0.25) is 4.79 Å². The first kappa shape index (κ1) is 19.2. The minimum Gasteiger partial charge on any atom is -0.494 e. The van der Waals surface area contributed by atoms with Gasteiger partial charge in [0, 0.05) is 26.2 Å². The highest BCUT2D eigenvalue weighted by Crippen LogP contribution is 2.27. The van der Waals surface area contributed by atoms with Crippen LogP contribution in [0.3, 0.4) is 0 Å². The molecule has 0 bridgehead atoms. The van der Waals surface area contributed by atoms with Gasteiger partial charge in [0.1, 0.15) is 5.75 Å². The van der Waals surface area contributed by atoms with Crippen LogP contribution >= 0.6 is 0 Å². The lowest BCUT2D eigenvalue weighted by Crippen LogP contribution is -2.52. The Morgan fingerprint density at radius 2 is 1.69 bits per heavy atom. The van der Waals surface area contributed by atoms with E-state index in [1.54, 1.807) is 9.21 Å². The lowest BCUT2D eigenvalue weighted by atomic mass is 10.1. The Bertz CT molecular complexity index is 704. The number of rotatable bonds is 6. The van der Waals surface area contributed by atoms with Crippen molar-refractivity contribution in [1.29, 1.82) is 0 Å². The van der Waals surface area contributed by atoms with Gasteiger partial charge in [0.2, 0.25) is 15.9 Å². The van der Waals surface area contributed by atoms with E-state index in [0.717, 1.165) is 37.0 Å². The number of amides is 1. The Balaban J connectivity index is 1.51. The summed E-state index contributed by atoms with van der Waals surface area (Å²) >= 11 is 0. The predicted molar refractivity (Wildman–Crippen MR) is 101 cm³/mol. The molecule has 2 aliphatic rings. The van der Waals surface area contributed by atoms with Crippen LogP contribution in [-0.4, -0.2) is 61.6 Å². The molecule has 144 valence electrons. The standard InChI is InChI=1S/C19H28N2O4S/c1-2-25-17-9-7-16(8-10-17)15-19(22)20-11-13-21(14-12-20)26(23,24)18-5-3-4-6-18/h7-10,18H,2-6,11-15H2,1H3. The fourth-order valence-corrected chi connectivity index (χ4v) is 5.77. The number of sulfonamides is 1. The predicted octanol–water partition coefficient (Wildman–Crippen LogP) is 2.04. The van der Waals surface area contributed by atoms with Gasteiger partial charge < -0.3 is 9.64 Å². The van der Waals surface area contributed by atoms with Crippen LogP contribution in [0.15, 0.2) is 24.3 Å². The van der Waals surface area contributed by atoms with Crippen LogP contribution in [0.2, 0.25) is 0 Å². The maximum absolute atomic E-state index is 12.7. The van der Waals surface area contributed by atoms with Crippen molar-refractivity contribution in [3.63, 3.8) is 0 Å². The summed E-state index contributed by atoms with van der Waals surface area (Å²) in [5.74, 6) is 0.849. The van der Waals surface area contributed by atoms with E-state index in [1.165, 1.54) is 0 Å². The Labute approximate surface area is 156 Å². The van der Waals surface area contributed by atoms with Crippen molar-refractivity contribution < 1.29 is 17.9 Å². The van der Waals surface area contributed by atoms with Crippen LogP contribution in [0, 0.1) is 0 Å². The summed E-state index contributed by atoms with van der Waals surface area (Å²) in [5, 5.41) is -0.214. The third-order valence-corrected chi connectivity index (χ3v) is 7.66. The molecular formula is C19H28N2O4S. The summed E-state index contributed by atoms with van der Waals surface area (Å²) in [7, 11) is -3.20. The minimum absolute atomic E-state index is 0.0482. The molecule has 6 nitrogen and oxygen atoms in total. The normalized spacial score (nSPS) is 19.7. The fraction of sp³-hybridized carbons (Fsp3) is 0.632. The summed E-state index contributed by atoms with van der Waals surface area (Å²) in [4.78, 5) is 14.3. The molecule has 1 saturated heterocycles. The van der Waals surface area contributed by atoms with Gasteiger partial charge in [0.25, 0.3) is 0 Å². The molecule has 1 aromatic rings. The highest BCUT2D eigenvalue weighted by atomic mass is 32.2. The third kappa shape index (κ3) is 4.38. The van der Waals surface area contributed by atoms with Crippen molar-refractivity contribution in [1.82, 2.24) is 9.21 Å². The van der Waals surface area contributed by atoms with Crippen LogP contribution in [0.4, 0.5) is 0 Å². The van der Waals surface area contributed by atoms with Gasteiger partial charge in [-0.2, -0.15) is 4.31 Å². The van der Waals surface area contributed by atoms with Gasteiger partial charge >= 0.3 is 0 Å². The number of hydrogen-bond acceptors (Lipinski definition) is 4. The molecule has 1 aliphatic carbocycles. The monoisotopic (exact) mass is 380 g/mol. The molecule has 1 aromatic carbocycles. The molecule has 0 N–H and O–H groups in total. The van der Waals surface area contributed by atoms with Crippen LogP contribution in [0.25, 0.3) is 0 Å². The van der Waals surface area contributed by atoms with E-state index in [1.807, 2.05) is 31.2 Å². The molecular weight excluding hydrogens is 352 g/mol. The zero-order valence-corrected chi connectivity index (χ0v) is 16.2. The van der Waals surface area contributed by atoms with Crippen molar-refractivity contribution >= 4 is 15.9 Å². The van der Waals surface area contributed by atoms with E-state index in [4.69, 9.17) is 4.74 Å². The van der Waals surface area contributed by atoms with Crippen LogP contribution in [-0.2, 0) is 21.2 Å². The maximum Gasteiger partial charge on any atom is 0.227 e. The summed E-state index contributed by atoms with van der Waals surface area (Å²) in [6.07, 6.45) is 3.90. The number of hydrogen-bond donors (Lipinski definition) is 0. The Morgan fingerprint density at radius 1 is 1.08 bits per heavy atom. The van der Waals surface area contributed by atoms with E-state index >= 15 is 0 Å². The van der Waals surface area contributed by atoms with Crippen LogP contribution in [0.5, 0.6) is 5.75 Å². The number of piperazine rings is 1. The topological polar surface area (TPSA) is 66.9 Å². The molecule has 0 aromatic heterocycles. The highest BCUT2D eigenvalue weighted by molar-refractivity contribution is 7.89. The molecule has 2 fully saturated rings. The van der Waals surface area contributed by atoms with Gasteiger partial charge in [-0.1, -0.05) is 25.0 Å². The molecule has 0 radical (unpaired) electrons. The molecule has 1 heterocycles. The average molecular weight is 381 g/mol. The van der Waals surface area contributed by atoms with E-state index in [-0.39, 0.29) is 11.2 Å². The van der Waals surface area contributed by atoms with Gasteiger partial charge in [-0.15, -0.1) is 0 Å². The van der Waals surface area contributed by atoms with Gasteiger partial charge in [0.05, 0.1) is 18.3 Å². The number of nitrogens with zero attached hydrogens (tertiary/aromatic N) is 2. The van der Waals surface area contributed by atoms with Gasteiger partial charge in [-0.25, -0.2) is 8.42 Å². The SMILES string of the molecule is CCOc1ccc(CC(=O)N2CCN(S(=O)(=O)C3CCCC3)CC2)cc1. The number of ether oxygens (including phenoxy) is 1. The highest BCUT2D eigenvalue weighted by Gasteiger charge is 2.36. The summed E-state index contributed by atoms with van der Waals surface area (Å²) in [6, 6.07) is 7.56. The first-order valence-corrected chi connectivity index (χ1v) is 11.0. The van der Waals surface area contributed by atoms with Crippen molar-refractivity contribution in [3.8, 4) is 5.75 Å². The number of carbonyl (C=O) groups excluding carboxylic acids is 1. The summed E-state index contributed by atoms with van der Waals surface area (Å²) in [5.41, 5.74) is 0.944. The van der Waals surface area contributed by atoms with Crippen molar-refractivity contribution in [2.24, 2.45) is 0 Å².